The quantitative estimate of drug-likeness (QED) is 0.207. The Kier molecular flexibility index (Phi) is 19.0. The Labute approximate surface area is 144 Å². The fourth-order valence-electron chi connectivity index (χ4n) is 1.24. The third kappa shape index (κ3) is 17.3. The fraction of sp³-hybridized carbons (Fsp3) is 0.733. The van der Waals surface area contributed by atoms with Gasteiger partial charge in [-0.2, -0.15) is 0 Å². The van der Waals surface area contributed by atoms with Crippen molar-refractivity contribution in [3.63, 3.8) is 0 Å². The van der Waals surface area contributed by atoms with Crippen LogP contribution in [0.25, 0.3) is 0 Å². The third-order valence-electron chi connectivity index (χ3n) is 2.40. The lowest BCUT2D eigenvalue weighted by Gasteiger charge is -2.10. The van der Waals surface area contributed by atoms with Crippen LogP contribution in [0.2, 0.25) is 0 Å². The van der Waals surface area contributed by atoms with Crippen LogP contribution in [0.5, 0.6) is 0 Å². The van der Waals surface area contributed by atoms with Gasteiger partial charge in [0.1, 0.15) is 0 Å². The second kappa shape index (κ2) is 20.0. The molecule has 0 radical (unpaired) electrons. The maximum absolute atomic E-state index is 5.38. The molecule has 0 aromatic rings. The maximum atomic E-state index is 5.38. The predicted molar refractivity (Wildman–Crippen MR) is 89.4 cm³/mol. The van der Waals surface area contributed by atoms with Gasteiger partial charge in [-0.15, -0.1) is 0 Å². The zero-order valence-corrected chi connectivity index (χ0v) is 14.8. The van der Waals surface area contributed by atoms with Crippen LogP contribution in [0.3, 0.4) is 0 Å². The molecule has 0 aliphatic heterocycles. The normalized spacial score (nSPS) is 11.5. The van der Waals surface area contributed by atoms with E-state index in [0.717, 1.165) is 0 Å². The van der Waals surface area contributed by atoms with E-state index in [1.807, 2.05) is 0 Å². The number of methoxy groups -OCH3 is 3. The van der Waals surface area contributed by atoms with Crippen molar-refractivity contribution >= 4 is 7.32 Å². The Bertz CT molecular complexity index is 277. The molecule has 0 heterocycles. The second-order valence-corrected chi connectivity index (χ2v) is 4.30. The largest absolute Gasteiger partial charge is 0.787 e. The summed E-state index contributed by atoms with van der Waals surface area (Å²) in [5.41, 5.74) is 0. The van der Waals surface area contributed by atoms with E-state index in [9.17, 15) is 0 Å². The lowest BCUT2D eigenvalue weighted by molar-refractivity contribution is 0.0828. The molecule has 0 saturated carbocycles. The average molecular weight is 348 g/mol. The summed E-state index contributed by atoms with van der Waals surface area (Å²) < 4.78 is 41.2. The SMILES string of the molecule is COCCOC/C=C/OB(O/C=C/COCCOC)OCCOC. The van der Waals surface area contributed by atoms with Crippen molar-refractivity contribution in [1.82, 2.24) is 0 Å². The molecule has 24 heavy (non-hydrogen) atoms. The molecule has 0 fully saturated rings. The summed E-state index contributed by atoms with van der Waals surface area (Å²) in [6.45, 7) is 3.77. The zero-order chi connectivity index (χ0) is 17.7. The molecule has 0 aromatic carbocycles. The van der Waals surface area contributed by atoms with Crippen molar-refractivity contribution in [2.24, 2.45) is 0 Å². The molecule has 0 spiro atoms. The van der Waals surface area contributed by atoms with Gasteiger partial charge in [0.15, 0.2) is 0 Å². The first-order valence-electron chi connectivity index (χ1n) is 7.70. The van der Waals surface area contributed by atoms with Gasteiger partial charge < -0.3 is 37.6 Å². The molecule has 0 saturated heterocycles. The first kappa shape index (κ1) is 22.9. The Morgan fingerprint density at radius 1 is 0.625 bits per heavy atom. The number of rotatable bonds is 18. The van der Waals surface area contributed by atoms with Crippen molar-refractivity contribution in [2.45, 2.75) is 0 Å². The van der Waals surface area contributed by atoms with Gasteiger partial charge in [0.25, 0.3) is 0 Å². The minimum absolute atomic E-state index is 0.345. The maximum Gasteiger partial charge on any atom is 0.787 e. The minimum atomic E-state index is -0.870. The van der Waals surface area contributed by atoms with Crippen LogP contribution in [0.15, 0.2) is 24.7 Å². The van der Waals surface area contributed by atoms with Crippen LogP contribution in [0.4, 0.5) is 0 Å². The Morgan fingerprint density at radius 2 is 1.08 bits per heavy atom. The molecule has 0 unspecified atom stereocenters. The zero-order valence-electron chi connectivity index (χ0n) is 14.8. The molecule has 0 aromatic heterocycles. The van der Waals surface area contributed by atoms with Crippen LogP contribution in [-0.4, -0.2) is 81.5 Å². The molecular formula is C15H29BO8. The number of ether oxygens (including phenoxy) is 5. The topological polar surface area (TPSA) is 73.8 Å². The van der Waals surface area contributed by atoms with Crippen LogP contribution in [-0.2, 0) is 37.6 Å². The van der Waals surface area contributed by atoms with E-state index in [1.54, 1.807) is 33.5 Å². The highest BCUT2D eigenvalue weighted by Gasteiger charge is 2.22. The Balaban J connectivity index is 3.90. The molecule has 0 N–H and O–H groups in total. The highest BCUT2D eigenvalue weighted by molar-refractivity contribution is 6.36. The minimum Gasteiger partial charge on any atom is -0.508 e. The standard InChI is InChI=1S/C15H29BO8/c1-17-10-13-20-6-4-8-22-16(24-15-12-19-3)23-9-5-7-21-14-11-18-2/h4-5,8-9H,6-7,10-15H2,1-3H3/b8-4+,9-5+. The van der Waals surface area contributed by atoms with Gasteiger partial charge in [-0.1, -0.05) is 0 Å². The van der Waals surface area contributed by atoms with Crippen molar-refractivity contribution in [3.05, 3.63) is 24.7 Å². The Hall–Kier alpha value is -1.10. The first-order chi connectivity index (χ1) is 11.8. The molecule has 0 aliphatic rings. The second-order valence-electron chi connectivity index (χ2n) is 4.30. The van der Waals surface area contributed by atoms with Gasteiger partial charge >= 0.3 is 7.32 Å². The third-order valence-corrected chi connectivity index (χ3v) is 2.40. The summed E-state index contributed by atoms with van der Waals surface area (Å²) in [6, 6.07) is 0. The van der Waals surface area contributed by atoms with E-state index in [4.69, 9.17) is 37.6 Å². The highest BCUT2D eigenvalue weighted by Crippen LogP contribution is 1.96. The molecule has 8 nitrogen and oxygen atoms in total. The van der Waals surface area contributed by atoms with Gasteiger partial charge in [0.05, 0.1) is 65.4 Å². The molecule has 0 bridgehead atoms. The summed E-state index contributed by atoms with van der Waals surface area (Å²) in [5, 5.41) is 0. The van der Waals surface area contributed by atoms with Crippen molar-refractivity contribution in [2.75, 3.05) is 74.2 Å². The summed E-state index contributed by atoms with van der Waals surface area (Å²) in [4.78, 5) is 0. The monoisotopic (exact) mass is 348 g/mol. The smallest absolute Gasteiger partial charge is 0.508 e. The summed E-state index contributed by atoms with van der Waals surface area (Å²) in [7, 11) is 3.97. The lowest BCUT2D eigenvalue weighted by Crippen LogP contribution is -2.25. The van der Waals surface area contributed by atoms with Crippen molar-refractivity contribution in [1.29, 1.82) is 0 Å². The van der Waals surface area contributed by atoms with Gasteiger partial charge in [0, 0.05) is 21.3 Å². The van der Waals surface area contributed by atoms with Gasteiger partial charge in [0.2, 0.25) is 0 Å². The van der Waals surface area contributed by atoms with E-state index in [2.05, 4.69) is 0 Å². The molecular weight excluding hydrogens is 319 g/mol. The summed E-state index contributed by atoms with van der Waals surface area (Å²) in [6.07, 6.45) is 6.35. The van der Waals surface area contributed by atoms with E-state index in [1.165, 1.54) is 12.5 Å². The fourth-order valence-corrected chi connectivity index (χ4v) is 1.24. The summed E-state index contributed by atoms with van der Waals surface area (Å²) in [5.74, 6) is 0. The molecule has 0 rings (SSSR count). The average Bonchev–Trinajstić information content (AvgIpc) is 2.59. The van der Waals surface area contributed by atoms with E-state index in [-0.39, 0.29) is 0 Å². The first-order valence-corrected chi connectivity index (χ1v) is 7.70. The van der Waals surface area contributed by atoms with Gasteiger partial charge in [-0.25, -0.2) is 0 Å². The van der Waals surface area contributed by atoms with E-state index in [0.29, 0.717) is 52.9 Å². The molecule has 0 aliphatic carbocycles. The number of hydrogen-bond donors (Lipinski definition) is 0. The van der Waals surface area contributed by atoms with E-state index < -0.39 is 7.32 Å². The highest BCUT2D eigenvalue weighted by atomic mass is 16.7. The predicted octanol–water partition coefficient (Wildman–Crippen LogP) is 1.02. The lowest BCUT2D eigenvalue weighted by atomic mass is 10.2. The molecule has 0 amide bonds. The van der Waals surface area contributed by atoms with Crippen LogP contribution >= 0.6 is 0 Å². The van der Waals surface area contributed by atoms with Crippen LogP contribution in [0, 0.1) is 0 Å². The van der Waals surface area contributed by atoms with Crippen molar-refractivity contribution < 1.29 is 37.6 Å². The van der Waals surface area contributed by atoms with Gasteiger partial charge in [-0.3, -0.25) is 0 Å². The van der Waals surface area contributed by atoms with Crippen molar-refractivity contribution in [3.8, 4) is 0 Å². The molecule has 9 heteroatoms. The van der Waals surface area contributed by atoms with E-state index >= 15 is 0 Å². The number of hydrogen-bond acceptors (Lipinski definition) is 8. The molecule has 140 valence electrons. The van der Waals surface area contributed by atoms with Gasteiger partial charge in [-0.05, 0) is 12.2 Å². The summed E-state index contributed by atoms with van der Waals surface area (Å²) >= 11 is 0. The Morgan fingerprint density at radius 3 is 1.54 bits per heavy atom. The van der Waals surface area contributed by atoms with Crippen LogP contribution in [0.1, 0.15) is 0 Å². The van der Waals surface area contributed by atoms with Crippen LogP contribution < -0.4 is 0 Å². The molecule has 0 atom stereocenters.